The van der Waals surface area contributed by atoms with Gasteiger partial charge in [0.1, 0.15) is 12.6 Å². The molecule has 2 amide bonds. The van der Waals surface area contributed by atoms with E-state index in [-0.39, 0.29) is 30.4 Å². The number of halogens is 1. The Morgan fingerprint density at radius 2 is 2.03 bits per heavy atom. The average Bonchev–Trinajstić information content (AvgIpc) is 3.20. The molecule has 0 radical (unpaired) electrons. The number of amides is 2. The second-order valence-corrected chi connectivity index (χ2v) is 9.78. The summed E-state index contributed by atoms with van der Waals surface area (Å²) in [5.74, 6) is 0.729. The van der Waals surface area contributed by atoms with Crippen LogP contribution in [0, 0.1) is 5.41 Å². The minimum absolute atomic E-state index is 0.0366. The van der Waals surface area contributed by atoms with E-state index in [0.717, 1.165) is 24.8 Å². The second-order valence-electron chi connectivity index (χ2n) is 9.34. The van der Waals surface area contributed by atoms with Crippen molar-refractivity contribution < 1.29 is 14.1 Å². The fourth-order valence-electron chi connectivity index (χ4n) is 3.76. The van der Waals surface area contributed by atoms with Gasteiger partial charge in [0.2, 0.25) is 23.5 Å². The minimum atomic E-state index is -0.551. The molecule has 168 valence electrons. The van der Waals surface area contributed by atoms with E-state index in [9.17, 15) is 9.59 Å². The Hall–Kier alpha value is -2.41. The number of aromatic nitrogens is 2. The third-order valence-corrected chi connectivity index (χ3v) is 5.70. The Balaban J connectivity index is 1.80. The number of rotatable bonds is 5. The van der Waals surface area contributed by atoms with Crippen LogP contribution in [-0.2, 0) is 9.59 Å². The number of piperidine rings is 1. The molecule has 2 heterocycles. The molecule has 7 nitrogen and oxygen atoms in total. The number of nitrogens with zero attached hydrogens (tertiary/aromatic N) is 4. The molecular weight excluding hydrogens is 416 g/mol. The summed E-state index contributed by atoms with van der Waals surface area (Å²) >= 11 is 6.08. The molecule has 1 saturated heterocycles. The number of carbonyl (C=O) groups excluding carboxylic acids is 2. The highest BCUT2D eigenvalue weighted by atomic mass is 35.5. The summed E-state index contributed by atoms with van der Waals surface area (Å²) in [6.45, 7) is 10.1. The van der Waals surface area contributed by atoms with E-state index in [1.54, 1.807) is 21.9 Å². The zero-order chi connectivity index (χ0) is 22.8. The van der Waals surface area contributed by atoms with Crippen molar-refractivity contribution in [3.63, 3.8) is 0 Å². The van der Waals surface area contributed by atoms with Crippen LogP contribution in [0.1, 0.15) is 65.8 Å². The van der Waals surface area contributed by atoms with Crippen molar-refractivity contribution in [2.45, 2.75) is 66.0 Å². The third-order valence-electron chi connectivity index (χ3n) is 5.46. The third kappa shape index (κ3) is 5.45. The van der Waals surface area contributed by atoms with E-state index in [1.807, 2.05) is 46.8 Å². The molecule has 1 unspecified atom stereocenters. The average molecular weight is 447 g/mol. The molecule has 0 spiro atoms. The van der Waals surface area contributed by atoms with Crippen LogP contribution in [0.2, 0.25) is 5.02 Å². The molecule has 3 rings (SSSR count). The van der Waals surface area contributed by atoms with E-state index in [2.05, 4.69) is 10.1 Å². The topological polar surface area (TPSA) is 79.5 Å². The molecule has 0 N–H and O–H groups in total. The first-order valence-electron chi connectivity index (χ1n) is 10.8. The Bertz CT molecular complexity index is 935. The van der Waals surface area contributed by atoms with Gasteiger partial charge in [-0.25, -0.2) is 0 Å². The van der Waals surface area contributed by atoms with Gasteiger partial charge in [0.15, 0.2) is 0 Å². The monoisotopic (exact) mass is 446 g/mol. The largest absolute Gasteiger partial charge is 0.337 e. The number of hydrogen-bond acceptors (Lipinski definition) is 5. The SMILES string of the molecule is CC(C)N(CC(=O)N1CCCCC1c1nc(-c2cccc(Cl)c2)no1)C(=O)C(C)(C)C. The molecule has 0 saturated carbocycles. The van der Waals surface area contributed by atoms with Gasteiger partial charge < -0.3 is 14.3 Å². The lowest BCUT2D eigenvalue weighted by molar-refractivity contribution is -0.149. The molecule has 1 aliphatic rings. The molecule has 31 heavy (non-hydrogen) atoms. The molecule has 1 fully saturated rings. The number of likely N-dealkylation sites (tertiary alicyclic amines) is 1. The van der Waals surface area contributed by atoms with E-state index in [4.69, 9.17) is 16.1 Å². The highest BCUT2D eigenvalue weighted by Crippen LogP contribution is 2.32. The molecule has 8 heteroatoms. The van der Waals surface area contributed by atoms with Crippen molar-refractivity contribution in [2.24, 2.45) is 5.41 Å². The smallest absolute Gasteiger partial charge is 0.249 e. The van der Waals surface area contributed by atoms with Gasteiger partial charge in [0, 0.05) is 28.6 Å². The highest BCUT2D eigenvalue weighted by Gasteiger charge is 2.36. The van der Waals surface area contributed by atoms with Crippen molar-refractivity contribution in [2.75, 3.05) is 13.1 Å². The van der Waals surface area contributed by atoms with E-state index in [1.165, 1.54) is 0 Å². The minimum Gasteiger partial charge on any atom is -0.337 e. The van der Waals surface area contributed by atoms with Crippen molar-refractivity contribution in [3.05, 3.63) is 35.2 Å². The van der Waals surface area contributed by atoms with Crippen molar-refractivity contribution >= 4 is 23.4 Å². The van der Waals surface area contributed by atoms with Crippen LogP contribution >= 0.6 is 11.6 Å². The van der Waals surface area contributed by atoms with Gasteiger partial charge >= 0.3 is 0 Å². The lowest BCUT2D eigenvalue weighted by atomic mass is 9.94. The van der Waals surface area contributed by atoms with Crippen LogP contribution < -0.4 is 0 Å². The summed E-state index contributed by atoms with van der Waals surface area (Å²) in [6.07, 6.45) is 2.63. The van der Waals surface area contributed by atoms with Gasteiger partial charge in [-0.05, 0) is 45.2 Å². The van der Waals surface area contributed by atoms with Crippen LogP contribution in [0.5, 0.6) is 0 Å². The van der Waals surface area contributed by atoms with Crippen LogP contribution in [0.15, 0.2) is 28.8 Å². The van der Waals surface area contributed by atoms with Crippen molar-refractivity contribution in [3.8, 4) is 11.4 Å². The fourth-order valence-corrected chi connectivity index (χ4v) is 3.95. The summed E-state index contributed by atoms with van der Waals surface area (Å²) in [5, 5.41) is 4.69. The molecule has 1 aliphatic heterocycles. The first-order valence-corrected chi connectivity index (χ1v) is 11.2. The fraction of sp³-hybridized carbons (Fsp3) is 0.565. The lowest BCUT2D eigenvalue weighted by Gasteiger charge is -2.37. The zero-order valence-corrected chi connectivity index (χ0v) is 19.6. The zero-order valence-electron chi connectivity index (χ0n) is 18.9. The standard InChI is InChI=1S/C23H31ClN4O3/c1-15(2)28(22(30)23(3,4)5)14-19(29)27-12-7-6-11-18(27)21-25-20(26-31-21)16-9-8-10-17(24)13-16/h8-10,13,15,18H,6-7,11-12,14H2,1-5H3. The van der Waals surface area contributed by atoms with Crippen LogP contribution in [0.25, 0.3) is 11.4 Å². The number of carbonyl (C=O) groups is 2. The second kappa shape index (κ2) is 9.39. The Kier molecular flexibility index (Phi) is 7.04. The summed E-state index contributed by atoms with van der Waals surface area (Å²) in [6, 6.07) is 6.89. The highest BCUT2D eigenvalue weighted by molar-refractivity contribution is 6.30. The van der Waals surface area contributed by atoms with Gasteiger partial charge in [0.25, 0.3) is 0 Å². The molecular formula is C23H31ClN4O3. The Morgan fingerprint density at radius 3 is 2.68 bits per heavy atom. The van der Waals surface area contributed by atoms with Crippen molar-refractivity contribution in [1.29, 1.82) is 0 Å². The van der Waals surface area contributed by atoms with Crippen molar-refractivity contribution in [1.82, 2.24) is 19.9 Å². The predicted octanol–water partition coefficient (Wildman–Crippen LogP) is 4.73. The van der Waals surface area contributed by atoms with Crippen LogP contribution in [0.4, 0.5) is 0 Å². The molecule has 0 aliphatic carbocycles. The van der Waals surface area contributed by atoms with E-state index >= 15 is 0 Å². The molecule has 0 bridgehead atoms. The van der Waals surface area contributed by atoms with E-state index in [0.29, 0.717) is 23.3 Å². The Labute approximate surface area is 188 Å². The van der Waals surface area contributed by atoms with Gasteiger partial charge in [-0.15, -0.1) is 0 Å². The maximum absolute atomic E-state index is 13.3. The maximum Gasteiger partial charge on any atom is 0.249 e. The molecule has 1 aromatic heterocycles. The number of benzene rings is 1. The van der Waals surface area contributed by atoms with E-state index < -0.39 is 5.41 Å². The molecule has 2 aromatic rings. The molecule has 1 atom stereocenters. The Morgan fingerprint density at radius 1 is 1.29 bits per heavy atom. The summed E-state index contributed by atoms with van der Waals surface area (Å²) in [5.41, 5.74) is 0.211. The van der Waals surface area contributed by atoms with Crippen LogP contribution in [-0.4, -0.2) is 50.9 Å². The quantitative estimate of drug-likeness (QED) is 0.663. The summed E-state index contributed by atoms with van der Waals surface area (Å²) in [4.78, 5) is 34.1. The van der Waals surface area contributed by atoms with Gasteiger partial charge in [-0.3, -0.25) is 9.59 Å². The maximum atomic E-state index is 13.3. The lowest BCUT2D eigenvalue weighted by Crippen LogP contribution is -2.50. The van der Waals surface area contributed by atoms with Gasteiger partial charge in [-0.1, -0.05) is 49.7 Å². The van der Waals surface area contributed by atoms with Crippen LogP contribution in [0.3, 0.4) is 0 Å². The first-order chi connectivity index (χ1) is 14.6. The number of hydrogen-bond donors (Lipinski definition) is 0. The first kappa shape index (κ1) is 23.3. The predicted molar refractivity (Wildman–Crippen MR) is 119 cm³/mol. The summed E-state index contributed by atoms with van der Waals surface area (Å²) < 4.78 is 5.55. The normalized spacial score (nSPS) is 17.1. The summed E-state index contributed by atoms with van der Waals surface area (Å²) in [7, 11) is 0. The molecule has 1 aromatic carbocycles. The van der Waals surface area contributed by atoms with Gasteiger partial charge in [0.05, 0.1) is 0 Å². The van der Waals surface area contributed by atoms with Gasteiger partial charge in [-0.2, -0.15) is 4.98 Å².